The average molecular weight is 227 g/mol. The second-order valence-electron chi connectivity index (χ2n) is 4.02. The summed E-state index contributed by atoms with van der Waals surface area (Å²) in [7, 11) is 0. The maximum atomic E-state index is 4.23. The van der Waals surface area contributed by atoms with Gasteiger partial charge in [0, 0.05) is 17.8 Å². The zero-order valence-corrected chi connectivity index (χ0v) is 10.2. The average Bonchev–Trinajstić information content (AvgIpc) is 2.40. The Kier molecular flexibility index (Phi) is 3.70. The summed E-state index contributed by atoms with van der Waals surface area (Å²) in [6.45, 7) is 4.22. The summed E-state index contributed by atoms with van der Waals surface area (Å²) in [5.41, 5.74) is 2.31. The van der Waals surface area contributed by atoms with Crippen molar-refractivity contribution in [3.8, 4) is 0 Å². The number of nitrogens with zero attached hydrogens (tertiary/aromatic N) is 2. The van der Waals surface area contributed by atoms with Crippen molar-refractivity contribution in [3.63, 3.8) is 0 Å². The van der Waals surface area contributed by atoms with E-state index in [0.29, 0.717) is 0 Å². The number of rotatable bonds is 4. The summed E-state index contributed by atoms with van der Waals surface area (Å²) in [5.74, 6) is 0.883. The van der Waals surface area contributed by atoms with E-state index in [2.05, 4.69) is 41.3 Å². The van der Waals surface area contributed by atoms with Crippen molar-refractivity contribution in [1.82, 2.24) is 9.97 Å². The molecule has 0 aliphatic carbocycles. The van der Waals surface area contributed by atoms with Crippen LogP contribution in [0.4, 0.5) is 5.82 Å². The van der Waals surface area contributed by atoms with Gasteiger partial charge in [-0.3, -0.25) is 0 Å². The first-order valence-electron chi connectivity index (χ1n) is 5.92. The van der Waals surface area contributed by atoms with Crippen LogP contribution in [0.25, 0.3) is 0 Å². The lowest BCUT2D eigenvalue weighted by Crippen LogP contribution is -2.08. The number of anilines is 1. The summed E-state index contributed by atoms with van der Waals surface area (Å²) in [6, 6.07) is 12.6. The molecule has 3 nitrogen and oxygen atoms in total. The van der Waals surface area contributed by atoms with Gasteiger partial charge in [-0.25, -0.2) is 9.97 Å². The summed E-state index contributed by atoms with van der Waals surface area (Å²) in [5, 5.41) is 3.38. The molecule has 0 saturated carbocycles. The van der Waals surface area contributed by atoms with Gasteiger partial charge in [-0.1, -0.05) is 37.3 Å². The fraction of sp³-hybridized carbons (Fsp3) is 0.286. The highest BCUT2D eigenvalue weighted by atomic mass is 15.0. The van der Waals surface area contributed by atoms with Gasteiger partial charge in [-0.15, -0.1) is 0 Å². The Morgan fingerprint density at radius 3 is 2.65 bits per heavy atom. The third-order valence-electron chi connectivity index (χ3n) is 2.75. The zero-order valence-electron chi connectivity index (χ0n) is 10.2. The number of nitrogens with one attached hydrogen (secondary N) is 1. The Hall–Kier alpha value is -1.90. The van der Waals surface area contributed by atoms with Crippen LogP contribution < -0.4 is 5.32 Å². The maximum Gasteiger partial charge on any atom is 0.130 e. The molecule has 0 amide bonds. The van der Waals surface area contributed by atoms with E-state index in [0.717, 1.165) is 17.9 Å². The molecular formula is C14H17N3. The standard InChI is InChI=1S/C14H17N3/c1-3-13-9-14(16-10-15-13)17-11(2)12-7-5-4-6-8-12/h4-11H,3H2,1-2H3,(H,15,16,17). The van der Waals surface area contributed by atoms with E-state index in [4.69, 9.17) is 0 Å². The Labute approximate surface area is 102 Å². The van der Waals surface area contributed by atoms with Crippen LogP contribution in [-0.2, 0) is 6.42 Å². The van der Waals surface area contributed by atoms with Crippen molar-refractivity contribution in [1.29, 1.82) is 0 Å². The molecule has 88 valence electrons. The molecule has 1 unspecified atom stereocenters. The van der Waals surface area contributed by atoms with Gasteiger partial charge in [0.25, 0.3) is 0 Å². The van der Waals surface area contributed by atoms with E-state index in [1.54, 1.807) is 6.33 Å². The smallest absolute Gasteiger partial charge is 0.130 e. The molecule has 0 aliphatic rings. The first-order chi connectivity index (χ1) is 8.29. The van der Waals surface area contributed by atoms with Crippen LogP contribution in [0.5, 0.6) is 0 Å². The van der Waals surface area contributed by atoms with Crippen LogP contribution in [0.1, 0.15) is 31.1 Å². The van der Waals surface area contributed by atoms with Crippen molar-refractivity contribution >= 4 is 5.82 Å². The first kappa shape index (κ1) is 11.6. The van der Waals surface area contributed by atoms with Crippen LogP contribution in [0.2, 0.25) is 0 Å². The highest BCUT2D eigenvalue weighted by molar-refractivity contribution is 5.38. The van der Waals surface area contributed by atoms with Crippen molar-refractivity contribution in [2.75, 3.05) is 5.32 Å². The van der Waals surface area contributed by atoms with Gasteiger partial charge in [-0.05, 0) is 18.9 Å². The van der Waals surface area contributed by atoms with Crippen LogP contribution in [0, 0.1) is 0 Å². The molecule has 0 aliphatic heterocycles. The quantitative estimate of drug-likeness (QED) is 0.871. The molecule has 1 heterocycles. The summed E-state index contributed by atoms with van der Waals surface area (Å²) < 4.78 is 0. The predicted molar refractivity (Wildman–Crippen MR) is 69.9 cm³/mol. The summed E-state index contributed by atoms with van der Waals surface area (Å²) in [6.07, 6.45) is 2.54. The second kappa shape index (κ2) is 5.43. The van der Waals surface area contributed by atoms with Gasteiger partial charge in [0.2, 0.25) is 0 Å². The van der Waals surface area contributed by atoms with E-state index in [1.807, 2.05) is 24.3 Å². The van der Waals surface area contributed by atoms with Crippen molar-refractivity contribution in [3.05, 3.63) is 54.0 Å². The minimum Gasteiger partial charge on any atom is -0.363 e. The number of aryl methyl sites for hydroxylation is 1. The summed E-state index contributed by atoms with van der Waals surface area (Å²) >= 11 is 0. The largest absolute Gasteiger partial charge is 0.363 e. The third-order valence-corrected chi connectivity index (χ3v) is 2.75. The predicted octanol–water partition coefficient (Wildman–Crippen LogP) is 3.21. The lowest BCUT2D eigenvalue weighted by molar-refractivity contribution is 0.866. The topological polar surface area (TPSA) is 37.8 Å². The van der Waals surface area contributed by atoms with E-state index in [1.165, 1.54) is 5.56 Å². The van der Waals surface area contributed by atoms with Crippen LogP contribution in [0.15, 0.2) is 42.7 Å². The van der Waals surface area contributed by atoms with E-state index >= 15 is 0 Å². The molecular weight excluding hydrogens is 210 g/mol. The SMILES string of the molecule is CCc1cc(NC(C)c2ccccc2)ncn1. The van der Waals surface area contributed by atoms with Gasteiger partial charge < -0.3 is 5.32 Å². The Bertz CT molecular complexity index is 468. The van der Waals surface area contributed by atoms with Gasteiger partial charge >= 0.3 is 0 Å². The molecule has 0 radical (unpaired) electrons. The van der Waals surface area contributed by atoms with Gasteiger partial charge in [0.15, 0.2) is 0 Å². The molecule has 1 aromatic heterocycles. The van der Waals surface area contributed by atoms with Gasteiger partial charge in [0.05, 0.1) is 0 Å². The maximum absolute atomic E-state index is 4.23. The molecule has 0 fully saturated rings. The molecule has 0 bridgehead atoms. The van der Waals surface area contributed by atoms with Crippen LogP contribution in [-0.4, -0.2) is 9.97 Å². The van der Waals surface area contributed by atoms with E-state index in [9.17, 15) is 0 Å². The lowest BCUT2D eigenvalue weighted by Gasteiger charge is -2.14. The normalized spacial score (nSPS) is 12.1. The fourth-order valence-corrected chi connectivity index (χ4v) is 1.72. The van der Waals surface area contributed by atoms with E-state index in [-0.39, 0.29) is 6.04 Å². The lowest BCUT2D eigenvalue weighted by atomic mass is 10.1. The fourth-order valence-electron chi connectivity index (χ4n) is 1.72. The molecule has 2 rings (SSSR count). The Morgan fingerprint density at radius 1 is 1.18 bits per heavy atom. The molecule has 2 aromatic rings. The number of hydrogen-bond donors (Lipinski definition) is 1. The highest BCUT2D eigenvalue weighted by Crippen LogP contribution is 2.17. The number of aromatic nitrogens is 2. The molecule has 1 atom stereocenters. The zero-order chi connectivity index (χ0) is 12.1. The number of benzene rings is 1. The Balaban J connectivity index is 2.10. The molecule has 17 heavy (non-hydrogen) atoms. The molecule has 0 saturated heterocycles. The first-order valence-corrected chi connectivity index (χ1v) is 5.92. The van der Waals surface area contributed by atoms with Crippen molar-refractivity contribution < 1.29 is 0 Å². The summed E-state index contributed by atoms with van der Waals surface area (Å²) in [4.78, 5) is 8.42. The van der Waals surface area contributed by atoms with Gasteiger partial charge in [0.1, 0.15) is 12.1 Å². The second-order valence-corrected chi connectivity index (χ2v) is 4.02. The monoisotopic (exact) mass is 227 g/mol. The molecule has 0 spiro atoms. The minimum absolute atomic E-state index is 0.246. The van der Waals surface area contributed by atoms with E-state index < -0.39 is 0 Å². The highest BCUT2D eigenvalue weighted by Gasteiger charge is 2.05. The third kappa shape index (κ3) is 3.03. The molecule has 3 heteroatoms. The van der Waals surface area contributed by atoms with Crippen molar-refractivity contribution in [2.24, 2.45) is 0 Å². The van der Waals surface area contributed by atoms with Gasteiger partial charge in [-0.2, -0.15) is 0 Å². The molecule has 1 N–H and O–H groups in total. The molecule has 1 aromatic carbocycles. The van der Waals surface area contributed by atoms with Crippen LogP contribution in [0.3, 0.4) is 0 Å². The minimum atomic E-state index is 0.246. The van der Waals surface area contributed by atoms with Crippen molar-refractivity contribution in [2.45, 2.75) is 26.3 Å². The Morgan fingerprint density at radius 2 is 1.94 bits per heavy atom. The van der Waals surface area contributed by atoms with Crippen LogP contribution >= 0.6 is 0 Å². The number of hydrogen-bond acceptors (Lipinski definition) is 3.